The topological polar surface area (TPSA) is 123 Å². The Balaban J connectivity index is 1.44. The van der Waals surface area contributed by atoms with Crippen molar-refractivity contribution >= 4 is 28.9 Å². The number of hydrogen-bond donors (Lipinski definition) is 2. The number of carbonyl (C=O) groups excluding carboxylic acids is 1. The van der Waals surface area contributed by atoms with Crippen molar-refractivity contribution in [3.8, 4) is 0 Å². The second-order valence-corrected chi connectivity index (χ2v) is 8.70. The van der Waals surface area contributed by atoms with Gasteiger partial charge in [0.25, 0.3) is 6.01 Å². The van der Waals surface area contributed by atoms with Gasteiger partial charge < -0.3 is 30.4 Å². The third kappa shape index (κ3) is 2.73. The highest BCUT2D eigenvalue weighted by Gasteiger charge is 2.41. The molecule has 4 aliphatic rings. The molecule has 9 heteroatoms. The van der Waals surface area contributed by atoms with E-state index in [0.29, 0.717) is 17.7 Å². The van der Waals surface area contributed by atoms with Crippen LogP contribution in [0.4, 0.5) is 6.01 Å². The van der Waals surface area contributed by atoms with Gasteiger partial charge in [0, 0.05) is 30.4 Å². The summed E-state index contributed by atoms with van der Waals surface area (Å²) in [6, 6.07) is 5.58. The van der Waals surface area contributed by atoms with E-state index in [2.05, 4.69) is 21.7 Å². The molecule has 2 aromatic rings. The number of rotatable bonds is 3. The van der Waals surface area contributed by atoms with E-state index in [9.17, 15) is 4.79 Å². The fourth-order valence-corrected chi connectivity index (χ4v) is 5.27. The van der Waals surface area contributed by atoms with Crippen molar-refractivity contribution in [3.63, 3.8) is 0 Å². The number of ether oxygens (including phenoxy) is 1. The van der Waals surface area contributed by atoms with Crippen LogP contribution >= 0.6 is 0 Å². The van der Waals surface area contributed by atoms with Crippen LogP contribution in [-0.2, 0) is 9.53 Å². The Labute approximate surface area is 184 Å². The first-order valence-electron chi connectivity index (χ1n) is 10.8. The lowest BCUT2D eigenvalue weighted by atomic mass is 10.00. The quantitative estimate of drug-likeness (QED) is 0.761. The van der Waals surface area contributed by atoms with Gasteiger partial charge in [-0.05, 0) is 42.5 Å². The van der Waals surface area contributed by atoms with Crippen LogP contribution in [0.15, 0.2) is 62.6 Å². The highest BCUT2D eigenvalue weighted by molar-refractivity contribution is 6.04. The molecule has 0 saturated carbocycles. The first-order valence-corrected chi connectivity index (χ1v) is 10.8. The van der Waals surface area contributed by atoms with Gasteiger partial charge in [-0.2, -0.15) is 4.98 Å². The zero-order valence-electron chi connectivity index (χ0n) is 17.7. The number of amidine groups is 1. The number of anilines is 1. The van der Waals surface area contributed by atoms with Gasteiger partial charge in [0.2, 0.25) is 5.91 Å². The maximum absolute atomic E-state index is 12.2. The lowest BCUT2D eigenvalue weighted by molar-refractivity contribution is -0.122. The molecule has 9 nitrogen and oxygen atoms in total. The number of nitrogens with two attached hydrogens (primary N) is 2. The van der Waals surface area contributed by atoms with Crippen LogP contribution in [0.2, 0.25) is 0 Å². The normalized spacial score (nSPS) is 24.7. The summed E-state index contributed by atoms with van der Waals surface area (Å²) in [5.74, 6) is 0.734. The number of aliphatic imine (C=N–C) groups is 1. The highest BCUT2D eigenvalue weighted by Crippen LogP contribution is 2.42. The first-order chi connectivity index (χ1) is 15.5. The standard InChI is InChI=1S/C23H24N6O3/c1-12-4-6-28(19(12)21(24)30)17-11-31-10-14-5-7-29-20(14)15(17)9-26-22(29)13-2-3-18-16(8-13)27-23(25)32-18/h2-3,8-9,11-12,19H,4-7,10H2,1H3,(H2,24,30)(H2,25,27)/t12-,19-/m0/s1. The third-order valence-corrected chi connectivity index (χ3v) is 6.76. The van der Waals surface area contributed by atoms with Crippen molar-refractivity contribution in [1.82, 2.24) is 14.8 Å². The monoisotopic (exact) mass is 432 g/mol. The van der Waals surface area contributed by atoms with Gasteiger partial charge in [-0.15, -0.1) is 0 Å². The fourth-order valence-electron chi connectivity index (χ4n) is 5.27. The zero-order valence-corrected chi connectivity index (χ0v) is 17.7. The Morgan fingerprint density at radius 3 is 3.00 bits per heavy atom. The number of oxazole rings is 1. The average Bonchev–Trinajstić information content (AvgIpc) is 3.43. The van der Waals surface area contributed by atoms with Crippen LogP contribution in [0, 0.1) is 5.92 Å². The molecule has 1 amide bonds. The minimum Gasteiger partial charge on any atom is -0.495 e. The number of carbonyl (C=O) groups is 1. The molecule has 0 unspecified atom stereocenters. The van der Waals surface area contributed by atoms with E-state index in [1.807, 2.05) is 24.4 Å². The van der Waals surface area contributed by atoms with Gasteiger partial charge in [0.15, 0.2) is 5.58 Å². The molecule has 4 aliphatic heterocycles. The van der Waals surface area contributed by atoms with Crippen molar-refractivity contribution in [2.75, 3.05) is 25.4 Å². The number of aromatic nitrogens is 1. The van der Waals surface area contributed by atoms with Crippen molar-refractivity contribution < 1.29 is 13.9 Å². The number of primary amides is 1. The number of hydrogen-bond acceptors (Lipinski definition) is 8. The summed E-state index contributed by atoms with van der Waals surface area (Å²) in [7, 11) is 0. The molecule has 32 heavy (non-hydrogen) atoms. The molecule has 1 fully saturated rings. The van der Waals surface area contributed by atoms with Crippen molar-refractivity contribution in [1.29, 1.82) is 0 Å². The Morgan fingerprint density at radius 1 is 1.28 bits per heavy atom. The fraction of sp³-hybridized carbons (Fsp3) is 0.348. The first kappa shape index (κ1) is 19.0. The third-order valence-electron chi connectivity index (χ3n) is 6.76. The Bertz CT molecular complexity index is 1270. The molecule has 4 N–H and O–H groups in total. The van der Waals surface area contributed by atoms with Crippen LogP contribution in [-0.4, -0.2) is 52.3 Å². The largest absolute Gasteiger partial charge is 0.495 e. The molecule has 0 bridgehead atoms. The minimum absolute atomic E-state index is 0.149. The molecule has 1 saturated heterocycles. The van der Waals surface area contributed by atoms with E-state index in [4.69, 9.17) is 25.6 Å². The molecule has 0 spiro atoms. The molecule has 0 aliphatic carbocycles. The summed E-state index contributed by atoms with van der Waals surface area (Å²) in [6.07, 6.45) is 5.45. The summed E-state index contributed by atoms with van der Waals surface area (Å²) >= 11 is 0. The van der Waals surface area contributed by atoms with Gasteiger partial charge in [-0.3, -0.25) is 4.79 Å². The van der Waals surface area contributed by atoms with Crippen LogP contribution < -0.4 is 11.5 Å². The van der Waals surface area contributed by atoms with E-state index in [1.54, 1.807) is 6.26 Å². The summed E-state index contributed by atoms with van der Waals surface area (Å²) in [4.78, 5) is 25.6. The van der Waals surface area contributed by atoms with E-state index in [1.165, 1.54) is 5.57 Å². The van der Waals surface area contributed by atoms with Crippen LogP contribution in [0.1, 0.15) is 25.3 Å². The lowest BCUT2D eigenvalue weighted by Gasteiger charge is -2.34. The number of amides is 1. The molecule has 164 valence electrons. The summed E-state index contributed by atoms with van der Waals surface area (Å²) in [5.41, 5.74) is 17.9. The maximum atomic E-state index is 12.2. The minimum atomic E-state index is -0.354. The second-order valence-electron chi connectivity index (χ2n) is 8.70. The Kier molecular flexibility index (Phi) is 4.08. The molecule has 2 atom stereocenters. The predicted molar refractivity (Wildman–Crippen MR) is 119 cm³/mol. The van der Waals surface area contributed by atoms with Crippen LogP contribution in [0.25, 0.3) is 11.1 Å². The Morgan fingerprint density at radius 2 is 2.16 bits per heavy atom. The molecular weight excluding hydrogens is 408 g/mol. The molecule has 1 aromatic carbocycles. The van der Waals surface area contributed by atoms with E-state index >= 15 is 0 Å². The smallest absolute Gasteiger partial charge is 0.292 e. The van der Waals surface area contributed by atoms with Gasteiger partial charge >= 0.3 is 0 Å². The molecule has 1 aromatic heterocycles. The molecular formula is C23H24N6O3. The molecule has 6 rings (SSSR count). The van der Waals surface area contributed by atoms with Gasteiger partial charge in [0.1, 0.15) is 30.3 Å². The highest BCUT2D eigenvalue weighted by atomic mass is 16.5. The molecule has 0 radical (unpaired) electrons. The van der Waals surface area contributed by atoms with E-state index in [0.717, 1.165) is 54.3 Å². The summed E-state index contributed by atoms with van der Waals surface area (Å²) in [6.45, 7) is 4.15. The number of fused-ring (bicyclic) bond motifs is 1. The van der Waals surface area contributed by atoms with E-state index in [-0.39, 0.29) is 23.9 Å². The zero-order chi connectivity index (χ0) is 22.0. The predicted octanol–water partition coefficient (Wildman–Crippen LogP) is 2.08. The second kappa shape index (κ2) is 6.88. The van der Waals surface area contributed by atoms with Crippen LogP contribution in [0.5, 0.6) is 0 Å². The summed E-state index contributed by atoms with van der Waals surface area (Å²) in [5, 5.41) is 0. The Hall–Kier alpha value is -3.75. The number of nitrogens with zero attached hydrogens (tertiary/aromatic N) is 4. The summed E-state index contributed by atoms with van der Waals surface area (Å²) < 4.78 is 11.3. The number of likely N-dealkylation sites (tertiary alicyclic amines) is 1. The van der Waals surface area contributed by atoms with Crippen molar-refractivity contribution in [3.05, 3.63) is 58.8 Å². The van der Waals surface area contributed by atoms with Gasteiger partial charge in [-0.25, -0.2) is 4.99 Å². The lowest BCUT2D eigenvalue weighted by Crippen LogP contribution is -2.43. The van der Waals surface area contributed by atoms with Crippen LogP contribution in [0.3, 0.4) is 0 Å². The average molecular weight is 432 g/mol. The van der Waals surface area contributed by atoms with Gasteiger partial charge in [0.05, 0.1) is 11.4 Å². The SMILES string of the molecule is C[C@H]1CCN(C2=COCC3=C4C2=CN=C(c2ccc5oc(N)nc5c2)N4CC3)[C@@H]1C(N)=O. The number of benzene rings is 1. The van der Waals surface area contributed by atoms with Gasteiger partial charge in [-0.1, -0.05) is 6.92 Å². The molecule has 5 heterocycles. The van der Waals surface area contributed by atoms with E-state index < -0.39 is 0 Å². The van der Waals surface area contributed by atoms with Crippen molar-refractivity contribution in [2.24, 2.45) is 16.6 Å². The van der Waals surface area contributed by atoms with Crippen molar-refractivity contribution in [2.45, 2.75) is 25.8 Å². The maximum Gasteiger partial charge on any atom is 0.292 e. The number of nitrogen functional groups attached to an aromatic ring is 1.